The molecule has 0 spiro atoms. The van der Waals surface area contributed by atoms with Crippen molar-refractivity contribution in [2.45, 2.75) is 51.1 Å². The molecule has 0 unspecified atom stereocenters. The van der Waals surface area contributed by atoms with Crippen LogP contribution in [0.5, 0.6) is 0 Å². The fourth-order valence-electron chi connectivity index (χ4n) is 4.82. The number of β-lactam (4-membered cyclic amide) rings is 1. The molecule has 0 aromatic carbocycles. The summed E-state index contributed by atoms with van der Waals surface area (Å²) in [4.78, 5) is 57.9. The van der Waals surface area contributed by atoms with E-state index in [0.717, 1.165) is 0 Å². The Morgan fingerprint density at radius 1 is 1.26 bits per heavy atom. The van der Waals surface area contributed by atoms with Gasteiger partial charge in [0.1, 0.15) is 17.9 Å². The molecular weight excluding hydrogens is 496 g/mol. The van der Waals surface area contributed by atoms with Crippen molar-refractivity contribution < 1.29 is 34.5 Å². The molecule has 3 aliphatic heterocycles. The summed E-state index contributed by atoms with van der Waals surface area (Å²) in [5, 5.41) is 31.2. The minimum atomic E-state index is -1.14. The van der Waals surface area contributed by atoms with Gasteiger partial charge in [-0.2, -0.15) is 0 Å². The van der Waals surface area contributed by atoms with E-state index in [1.165, 1.54) is 32.9 Å². The molecule has 2 saturated heterocycles. The fraction of sp³-hybridized carbons (Fsp3) is 0.591. The summed E-state index contributed by atoms with van der Waals surface area (Å²) in [5.74, 6) is -3.79. The molecule has 3 N–H and O–H groups in total. The smallest absolute Gasteiger partial charge is 0.353 e. The van der Waals surface area contributed by atoms with Gasteiger partial charge in [0.2, 0.25) is 5.91 Å². The number of nitrogens with zero attached hydrogens (tertiary/aromatic N) is 4. The van der Waals surface area contributed by atoms with E-state index in [4.69, 9.17) is 5.11 Å². The molecule has 13 heteroatoms. The van der Waals surface area contributed by atoms with Gasteiger partial charge in [-0.3, -0.25) is 14.4 Å². The van der Waals surface area contributed by atoms with Gasteiger partial charge in [-0.05, 0) is 20.8 Å². The van der Waals surface area contributed by atoms with E-state index in [1.54, 1.807) is 26.2 Å². The Labute approximate surface area is 210 Å². The summed E-state index contributed by atoms with van der Waals surface area (Å²) >= 11 is 2.75. The number of thiazole rings is 1. The third-order valence-electron chi connectivity index (χ3n) is 6.62. The number of thioether (sulfide) groups is 1. The standard InChI is InChI=1S/C22H28N4O7S2/c1-9(2)25(7-14(28)29)19(30)13-8-34-22(23-13)24-5-12(6-24)35-18-10(3)16-15(11(4)27)20(31)26(16)17(18)21(32)33/h8-12,15-16,27H,5-7H2,1-4H3,(H,28,29)(H,32,33)/t10-,11-,15-,16-/m1/s1. The SMILES string of the molecule is CC(C)N(CC(=O)O)C(=O)c1csc(N2CC(SC3=C(C(=O)O)N4C(=O)[C@H]([C@@H](C)O)[C@H]4[C@H]3C)C2)n1. The van der Waals surface area contributed by atoms with E-state index >= 15 is 0 Å². The van der Waals surface area contributed by atoms with Gasteiger partial charge in [0.25, 0.3) is 5.91 Å². The van der Waals surface area contributed by atoms with Crippen LogP contribution in [0.4, 0.5) is 5.13 Å². The van der Waals surface area contributed by atoms with Gasteiger partial charge in [-0.15, -0.1) is 23.1 Å². The van der Waals surface area contributed by atoms with Gasteiger partial charge in [0.05, 0.1) is 18.1 Å². The second-order valence-electron chi connectivity index (χ2n) is 9.35. The quantitative estimate of drug-likeness (QED) is 0.401. The van der Waals surface area contributed by atoms with E-state index in [1.807, 2.05) is 11.8 Å². The molecule has 3 aliphatic rings. The van der Waals surface area contributed by atoms with Crippen molar-refractivity contribution in [1.29, 1.82) is 0 Å². The number of carbonyl (C=O) groups excluding carboxylic acids is 2. The molecule has 11 nitrogen and oxygen atoms in total. The predicted molar refractivity (Wildman–Crippen MR) is 129 cm³/mol. The van der Waals surface area contributed by atoms with Crippen LogP contribution in [0.3, 0.4) is 0 Å². The first-order valence-corrected chi connectivity index (χ1v) is 13.1. The van der Waals surface area contributed by atoms with Gasteiger partial charge in [0, 0.05) is 40.6 Å². The number of carboxylic acids is 2. The van der Waals surface area contributed by atoms with Crippen molar-refractivity contribution >= 4 is 52.0 Å². The summed E-state index contributed by atoms with van der Waals surface area (Å²) < 4.78 is 0. The van der Waals surface area contributed by atoms with E-state index in [-0.39, 0.29) is 40.5 Å². The second kappa shape index (κ2) is 9.43. The van der Waals surface area contributed by atoms with Crippen LogP contribution in [-0.2, 0) is 14.4 Å². The molecule has 35 heavy (non-hydrogen) atoms. The normalized spacial score (nSPS) is 24.9. The molecule has 0 bridgehead atoms. The predicted octanol–water partition coefficient (Wildman–Crippen LogP) is 1.15. The summed E-state index contributed by atoms with van der Waals surface area (Å²) in [6.07, 6.45) is -0.839. The minimum Gasteiger partial charge on any atom is -0.480 e. The first-order valence-electron chi connectivity index (χ1n) is 11.3. The van der Waals surface area contributed by atoms with Crippen LogP contribution in [0.1, 0.15) is 38.2 Å². The molecule has 2 amide bonds. The Bertz CT molecular complexity index is 1100. The lowest BCUT2D eigenvalue weighted by Gasteiger charge is -2.46. The number of rotatable bonds is 9. The van der Waals surface area contributed by atoms with Crippen LogP contribution in [0, 0.1) is 11.8 Å². The van der Waals surface area contributed by atoms with Crippen molar-refractivity contribution in [2.75, 3.05) is 24.5 Å². The van der Waals surface area contributed by atoms with Crippen molar-refractivity contribution in [1.82, 2.24) is 14.8 Å². The van der Waals surface area contributed by atoms with Crippen molar-refractivity contribution in [3.63, 3.8) is 0 Å². The molecule has 190 valence electrons. The Morgan fingerprint density at radius 3 is 2.46 bits per heavy atom. The number of anilines is 1. The number of aliphatic hydroxyl groups excluding tert-OH is 1. The molecule has 1 aromatic rings. The summed E-state index contributed by atoms with van der Waals surface area (Å²) in [5.41, 5.74) is 0.214. The molecule has 2 fully saturated rings. The number of aromatic nitrogens is 1. The van der Waals surface area contributed by atoms with Crippen LogP contribution in [0.2, 0.25) is 0 Å². The molecule has 4 atom stereocenters. The zero-order valence-electron chi connectivity index (χ0n) is 19.7. The van der Waals surface area contributed by atoms with Crippen LogP contribution in [-0.4, -0.2) is 96.9 Å². The molecule has 4 heterocycles. The Hall–Kier alpha value is -2.64. The number of aliphatic hydroxyl groups is 1. The monoisotopic (exact) mass is 524 g/mol. The maximum atomic E-state index is 12.7. The topological polar surface area (TPSA) is 152 Å². The van der Waals surface area contributed by atoms with E-state index in [2.05, 4.69) is 4.98 Å². The van der Waals surface area contributed by atoms with Gasteiger partial charge in [-0.25, -0.2) is 9.78 Å². The van der Waals surface area contributed by atoms with E-state index < -0.39 is 36.4 Å². The lowest BCUT2D eigenvalue weighted by molar-refractivity contribution is -0.163. The van der Waals surface area contributed by atoms with Crippen LogP contribution in [0.25, 0.3) is 0 Å². The number of carbonyl (C=O) groups is 4. The van der Waals surface area contributed by atoms with Gasteiger partial charge < -0.3 is 30.0 Å². The molecule has 0 aliphatic carbocycles. The average Bonchev–Trinajstić information content (AvgIpc) is 3.29. The number of fused-ring (bicyclic) bond motifs is 1. The maximum Gasteiger partial charge on any atom is 0.353 e. The highest BCUT2D eigenvalue weighted by Crippen LogP contribution is 2.52. The number of hydrogen-bond acceptors (Lipinski definition) is 9. The number of carboxylic acid groups (broad SMARTS) is 2. The van der Waals surface area contributed by atoms with Gasteiger partial charge >= 0.3 is 11.9 Å². The zero-order valence-corrected chi connectivity index (χ0v) is 21.4. The van der Waals surface area contributed by atoms with Crippen LogP contribution >= 0.6 is 23.1 Å². The highest BCUT2D eigenvalue weighted by atomic mass is 32.2. The maximum absolute atomic E-state index is 12.7. The third-order valence-corrected chi connectivity index (χ3v) is 8.98. The lowest BCUT2D eigenvalue weighted by Crippen LogP contribution is -2.63. The molecule has 0 saturated carbocycles. The number of amides is 2. The van der Waals surface area contributed by atoms with Crippen LogP contribution in [0.15, 0.2) is 16.0 Å². The van der Waals surface area contributed by atoms with Crippen molar-refractivity contribution in [2.24, 2.45) is 11.8 Å². The van der Waals surface area contributed by atoms with Crippen LogP contribution < -0.4 is 4.90 Å². The highest BCUT2D eigenvalue weighted by Gasteiger charge is 2.60. The largest absolute Gasteiger partial charge is 0.480 e. The van der Waals surface area contributed by atoms with Crippen molar-refractivity contribution in [3.05, 3.63) is 21.7 Å². The first-order chi connectivity index (χ1) is 16.4. The third kappa shape index (κ3) is 4.40. The summed E-state index contributed by atoms with van der Waals surface area (Å²) in [7, 11) is 0. The van der Waals surface area contributed by atoms with Crippen molar-refractivity contribution in [3.8, 4) is 0 Å². The highest BCUT2D eigenvalue weighted by molar-refractivity contribution is 8.03. The zero-order chi connectivity index (χ0) is 25.8. The lowest BCUT2D eigenvalue weighted by atomic mass is 9.79. The Morgan fingerprint density at radius 2 is 1.91 bits per heavy atom. The Kier molecular flexibility index (Phi) is 6.86. The average molecular weight is 525 g/mol. The fourth-order valence-corrected chi connectivity index (χ4v) is 7.16. The number of hydrogen-bond donors (Lipinski definition) is 3. The number of aliphatic carboxylic acids is 2. The second-order valence-corrected chi connectivity index (χ2v) is 11.5. The molecule has 1 aromatic heterocycles. The van der Waals surface area contributed by atoms with Gasteiger partial charge in [-0.1, -0.05) is 6.92 Å². The molecule has 4 rings (SSSR count). The summed E-state index contributed by atoms with van der Waals surface area (Å²) in [6, 6.07) is -0.625. The van der Waals surface area contributed by atoms with E-state index in [0.29, 0.717) is 23.1 Å². The Balaban J connectivity index is 1.41. The minimum absolute atomic E-state index is 0.0159. The van der Waals surface area contributed by atoms with E-state index in [9.17, 15) is 29.4 Å². The summed E-state index contributed by atoms with van der Waals surface area (Å²) in [6.45, 7) is 7.72. The first kappa shape index (κ1) is 25.5. The van der Waals surface area contributed by atoms with Gasteiger partial charge in [0.15, 0.2) is 5.13 Å². The molecule has 0 radical (unpaired) electrons. The molecular formula is C22H28N4O7S2.